The second-order valence-electron chi connectivity index (χ2n) is 9.06. The molecular weight excluding hydrogens is 469 g/mol. The van der Waals surface area contributed by atoms with Crippen LogP contribution in [0.25, 0.3) is 11.0 Å². The molecule has 36 heavy (non-hydrogen) atoms. The van der Waals surface area contributed by atoms with Crippen LogP contribution in [0.3, 0.4) is 0 Å². The number of aromatic amines is 1. The second-order valence-corrected chi connectivity index (χ2v) is 9.06. The molecule has 1 unspecified atom stereocenters. The third-order valence-electron chi connectivity index (χ3n) is 6.47. The standard InChI is InChI=1S/C24H26F3N5O.C2H3N/c25-24(26,27)11-3-5-16-14(13-28)7-10-19-22(16)31-21(29-19)12-20-17-4-1-2-6-18(17)30-23(33)32(20)15-8-9-15;1-2-3/h1-2,4,6-7,10,15,20H,3,5,8-9,11-13,28H2,(H,29,31)(H,30,33);1H3. The zero-order valence-corrected chi connectivity index (χ0v) is 20.0. The van der Waals surface area contributed by atoms with E-state index in [2.05, 4.69) is 10.3 Å². The number of nitrogens with two attached hydrogens (primary N) is 1. The molecule has 4 N–H and O–H groups in total. The zero-order chi connectivity index (χ0) is 25.9. The number of nitrogens with one attached hydrogen (secondary N) is 2. The Labute approximate surface area is 207 Å². The lowest BCUT2D eigenvalue weighted by Gasteiger charge is -2.37. The van der Waals surface area contributed by atoms with E-state index in [0.29, 0.717) is 17.8 Å². The van der Waals surface area contributed by atoms with E-state index in [1.807, 2.05) is 41.3 Å². The van der Waals surface area contributed by atoms with Crippen molar-refractivity contribution in [3.63, 3.8) is 0 Å². The van der Waals surface area contributed by atoms with E-state index in [4.69, 9.17) is 16.0 Å². The molecule has 1 aliphatic heterocycles. The molecule has 2 aromatic carbocycles. The first-order valence-corrected chi connectivity index (χ1v) is 12.0. The highest BCUT2D eigenvalue weighted by Crippen LogP contribution is 2.42. The predicted octanol–water partition coefficient (Wildman–Crippen LogP) is 5.73. The van der Waals surface area contributed by atoms with Gasteiger partial charge < -0.3 is 20.9 Å². The van der Waals surface area contributed by atoms with Gasteiger partial charge in [-0.1, -0.05) is 24.3 Å². The van der Waals surface area contributed by atoms with E-state index in [-0.39, 0.29) is 37.5 Å². The molecule has 5 rings (SSSR count). The number of aromatic nitrogens is 2. The van der Waals surface area contributed by atoms with Crippen molar-refractivity contribution in [2.75, 3.05) is 5.32 Å². The fraction of sp³-hybridized carbons (Fsp3) is 0.423. The second kappa shape index (κ2) is 10.6. The molecule has 2 heterocycles. The van der Waals surface area contributed by atoms with Crippen LogP contribution >= 0.6 is 0 Å². The van der Waals surface area contributed by atoms with Crippen molar-refractivity contribution < 1.29 is 18.0 Å². The lowest BCUT2D eigenvalue weighted by atomic mass is 9.97. The number of aryl methyl sites for hydroxylation is 1. The van der Waals surface area contributed by atoms with E-state index >= 15 is 0 Å². The van der Waals surface area contributed by atoms with Crippen LogP contribution in [0.2, 0.25) is 0 Å². The maximum Gasteiger partial charge on any atom is 0.389 e. The van der Waals surface area contributed by atoms with Crippen molar-refractivity contribution in [3.8, 4) is 6.07 Å². The Morgan fingerprint density at radius 1 is 1.22 bits per heavy atom. The highest BCUT2D eigenvalue weighted by atomic mass is 19.4. The summed E-state index contributed by atoms with van der Waals surface area (Å²) >= 11 is 0. The molecule has 2 amide bonds. The Balaban J connectivity index is 0.000000967. The highest BCUT2D eigenvalue weighted by molar-refractivity contribution is 5.93. The number of H-pyrrole nitrogens is 1. The summed E-state index contributed by atoms with van der Waals surface area (Å²) in [6, 6.07) is 13.2. The van der Waals surface area contributed by atoms with Crippen molar-refractivity contribution in [1.82, 2.24) is 14.9 Å². The molecule has 0 spiro atoms. The Hall–Kier alpha value is -3.58. The quantitative estimate of drug-likeness (QED) is 0.386. The lowest BCUT2D eigenvalue weighted by molar-refractivity contribution is -0.135. The summed E-state index contributed by atoms with van der Waals surface area (Å²) in [5, 5.41) is 10.3. The van der Waals surface area contributed by atoms with E-state index in [9.17, 15) is 18.0 Å². The molecule has 1 aliphatic carbocycles. The number of carbonyl (C=O) groups excluding carboxylic acids is 1. The summed E-state index contributed by atoms with van der Waals surface area (Å²) < 4.78 is 38.1. The number of nitrogens with zero attached hydrogens (tertiary/aromatic N) is 3. The summed E-state index contributed by atoms with van der Waals surface area (Å²) in [4.78, 5) is 22.9. The number of halogens is 3. The van der Waals surface area contributed by atoms with E-state index in [1.165, 1.54) is 6.92 Å². The maximum absolute atomic E-state index is 12.8. The van der Waals surface area contributed by atoms with Crippen LogP contribution in [-0.2, 0) is 19.4 Å². The Morgan fingerprint density at radius 3 is 2.61 bits per heavy atom. The topological polar surface area (TPSA) is 111 Å². The lowest BCUT2D eigenvalue weighted by Crippen LogP contribution is -2.44. The number of benzene rings is 2. The minimum atomic E-state index is -4.19. The number of imidazole rings is 1. The summed E-state index contributed by atoms with van der Waals surface area (Å²) in [5.74, 6) is 0.705. The molecule has 2 aliphatic rings. The fourth-order valence-corrected chi connectivity index (χ4v) is 4.79. The third kappa shape index (κ3) is 5.62. The number of hydrogen-bond acceptors (Lipinski definition) is 4. The minimum absolute atomic E-state index is 0.0105. The molecule has 1 aromatic heterocycles. The van der Waals surface area contributed by atoms with Gasteiger partial charge >= 0.3 is 12.2 Å². The molecule has 1 saturated carbocycles. The molecule has 0 saturated heterocycles. The van der Waals surface area contributed by atoms with Crippen LogP contribution in [0.1, 0.15) is 61.2 Å². The summed E-state index contributed by atoms with van der Waals surface area (Å²) in [6.45, 7) is 1.67. The van der Waals surface area contributed by atoms with Gasteiger partial charge in [-0.25, -0.2) is 9.78 Å². The number of rotatable bonds is 7. The number of hydrogen-bond donors (Lipinski definition) is 3. The smallest absolute Gasteiger partial charge is 0.342 e. The van der Waals surface area contributed by atoms with Gasteiger partial charge in [0.1, 0.15) is 5.82 Å². The van der Waals surface area contributed by atoms with Gasteiger partial charge in [-0.3, -0.25) is 0 Å². The van der Waals surface area contributed by atoms with E-state index in [1.54, 1.807) is 6.07 Å². The van der Waals surface area contributed by atoms with Crippen molar-refractivity contribution in [2.24, 2.45) is 5.73 Å². The number of alkyl halides is 3. The molecule has 0 bridgehead atoms. The number of nitriles is 1. The van der Waals surface area contributed by atoms with Crippen LogP contribution in [0, 0.1) is 11.3 Å². The third-order valence-corrected chi connectivity index (χ3v) is 6.47. The fourth-order valence-electron chi connectivity index (χ4n) is 4.79. The monoisotopic (exact) mass is 498 g/mol. The molecule has 190 valence electrons. The predicted molar refractivity (Wildman–Crippen MR) is 131 cm³/mol. The van der Waals surface area contributed by atoms with Crippen LogP contribution in [-0.4, -0.2) is 33.1 Å². The van der Waals surface area contributed by atoms with Gasteiger partial charge in [0.2, 0.25) is 0 Å². The number of urea groups is 1. The minimum Gasteiger partial charge on any atom is -0.342 e. The van der Waals surface area contributed by atoms with Crippen LogP contribution in [0.15, 0.2) is 36.4 Å². The van der Waals surface area contributed by atoms with E-state index < -0.39 is 12.6 Å². The van der Waals surface area contributed by atoms with Gasteiger partial charge in [0.25, 0.3) is 0 Å². The zero-order valence-electron chi connectivity index (χ0n) is 20.0. The average molecular weight is 499 g/mol. The van der Waals surface area contributed by atoms with Crippen molar-refractivity contribution in [1.29, 1.82) is 5.26 Å². The van der Waals surface area contributed by atoms with Gasteiger partial charge in [-0.2, -0.15) is 18.4 Å². The maximum atomic E-state index is 12.8. The highest BCUT2D eigenvalue weighted by Gasteiger charge is 2.42. The molecule has 1 atom stereocenters. The van der Waals surface area contributed by atoms with Crippen molar-refractivity contribution >= 4 is 22.8 Å². The first kappa shape index (κ1) is 25.5. The van der Waals surface area contributed by atoms with Gasteiger partial charge in [-0.15, -0.1) is 0 Å². The first-order chi connectivity index (χ1) is 17.3. The van der Waals surface area contributed by atoms with Gasteiger partial charge in [0, 0.05) is 38.0 Å². The molecule has 7 nitrogen and oxygen atoms in total. The Morgan fingerprint density at radius 2 is 1.94 bits per heavy atom. The Bertz CT molecular complexity index is 1270. The SMILES string of the molecule is CC#N.NCc1ccc2[nH]c(CC3c4ccccc4NC(=O)N3C3CC3)nc2c1CCCC(F)(F)F. The van der Waals surface area contributed by atoms with Gasteiger partial charge in [0.15, 0.2) is 0 Å². The summed E-state index contributed by atoms with van der Waals surface area (Å²) in [7, 11) is 0. The molecular formula is C26H29F3N6O. The largest absolute Gasteiger partial charge is 0.389 e. The number of anilines is 1. The first-order valence-electron chi connectivity index (χ1n) is 12.0. The van der Waals surface area contributed by atoms with Crippen LogP contribution < -0.4 is 11.1 Å². The number of fused-ring (bicyclic) bond motifs is 2. The van der Waals surface area contributed by atoms with Crippen LogP contribution in [0.4, 0.5) is 23.7 Å². The molecule has 1 fully saturated rings. The summed E-state index contributed by atoms with van der Waals surface area (Å²) in [6.07, 6.45) is -2.32. The summed E-state index contributed by atoms with van der Waals surface area (Å²) in [5.41, 5.74) is 10.7. The Kier molecular flexibility index (Phi) is 7.50. The molecule has 3 aromatic rings. The van der Waals surface area contributed by atoms with Gasteiger partial charge in [0.05, 0.1) is 23.1 Å². The normalized spacial score (nSPS) is 17.2. The number of para-hydroxylation sites is 1. The van der Waals surface area contributed by atoms with Gasteiger partial charge in [-0.05, 0) is 54.5 Å². The molecule has 0 radical (unpaired) electrons. The number of carbonyl (C=O) groups is 1. The van der Waals surface area contributed by atoms with Crippen molar-refractivity contribution in [3.05, 3.63) is 58.9 Å². The van der Waals surface area contributed by atoms with E-state index in [0.717, 1.165) is 40.7 Å². The van der Waals surface area contributed by atoms with Crippen LogP contribution in [0.5, 0.6) is 0 Å². The molecule has 10 heteroatoms. The van der Waals surface area contributed by atoms with Crippen molar-refractivity contribution in [2.45, 2.75) is 70.3 Å². The average Bonchev–Trinajstić information content (AvgIpc) is 3.57. The number of amides is 2.